The summed E-state index contributed by atoms with van der Waals surface area (Å²) in [5.74, 6) is 0.514. The number of pyridine rings is 1. The highest BCUT2D eigenvalue weighted by Crippen LogP contribution is 2.15. The van der Waals surface area contributed by atoms with Gasteiger partial charge in [-0.25, -0.2) is 9.67 Å². The number of nitrogens with one attached hydrogen (secondary N) is 1. The number of carbonyl (C=O) groups is 1. The van der Waals surface area contributed by atoms with E-state index >= 15 is 0 Å². The summed E-state index contributed by atoms with van der Waals surface area (Å²) in [6, 6.07) is 13.3. The molecule has 0 radical (unpaired) electrons. The summed E-state index contributed by atoms with van der Waals surface area (Å²) in [5, 5.41) is 7.15. The SMILES string of the molecule is Cc1cccc(NC(=O)c2cnn(-c3ccccn3)c2C)c1. The summed E-state index contributed by atoms with van der Waals surface area (Å²) in [6.07, 6.45) is 3.26. The molecule has 2 aromatic heterocycles. The summed E-state index contributed by atoms with van der Waals surface area (Å²) in [7, 11) is 0. The molecule has 5 heteroatoms. The Hall–Kier alpha value is -2.95. The molecular weight excluding hydrogens is 276 g/mol. The molecule has 0 aliphatic heterocycles. The van der Waals surface area contributed by atoms with Crippen LogP contribution in [-0.4, -0.2) is 20.7 Å². The molecular formula is C17H16N4O. The first kappa shape index (κ1) is 14.0. The molecule has 0 aliphatic rings. The Morgan fingerprint density at radius 1 is 1.14 bits per heavy atom. The predicted octanol–water partition coefficient (Wildman–Crippen LogP) is 3.14. The smallest absolute Gasteiger partial charge is 0.259 e. The zero-order valence-electron chi connectivity index (χ0n) is 12.4. The number of aromatic nitrogens is 3. The highest BCUT2D eigenvalue weighted by molar-refractivity contribution is 6.05. The van der Waals surface area contributed by atoms with Crippen molar-refractivity contribution >= 4 is 11.6 Å². The zero-order chi connectivity index (χ0) is 15.5. The molecule has 0 spiro atoms. The third kappa shape index (κ3) is 2.74. The second-order valence-electron chi connectivity index (χ2n) is 5.07. The van der Waals surface area contributed by atoms with Crippen molar-refractivity contribution in [2.75, 3.05) is 5.32 Å². The fraction of sp³-hybridized carbons (Fsp3) is 0.118. The topological polar surface area (TPSA) is 59.8 Å². The number of nitrogens with zero attached hydrogens (tertiary/aromatic N) is 3. The van der Waals surface area contributed by atoms with Crippen LogP contribution in [0.25, 0.3) is 5.82 Å². The lowest BCUT2D eigenvalue weighted by Gasteiger charge is -2.06. The highest BCUT2D eigenvalue weighted by atomic mass is 16.1. The van der Waals surface area contributed by atoms with E-state index in [0.717, 1.165) is 16.9 Å². The summed E-state index contributed by atoms with van der Waals surface area (Å²) in [5.41, 5.74) is 3.16. The van der Waals surface area contributed by atoms with Crippen molar-refractivity contribution in [3.8, 4) is 5.82 Å². The van der Waals surface area contributed by atoms with Gasteiger partial charge in [0.2, 0.25) is 0 Å². The van der Waals surface area contributed by atoms with Crippen LogP contribution in [0.2, 0.25) is 0 Å². The quantitative estimate of drug-likeness (QED) is 0.806. The van der Waals surface area contributed by atoms with Crippen LogP contribution in [-0.2, 0) is 0 Å². The number of amides is 1. The Morgan fingerprint density at radius 3 is 2.73 bits per heavy atom. The number of rotatable bonds is 3. The van der Waals surface area contributed by atoms with E-state index in [2.05, 4.69) is 15.4 Å². The Balaban J connectivity index is 1.87. The molecule has 3 rings (SSSR count). The van der Waals surface area contributed by atoms with Gasteiger partial charge in [0.1, 0.15) is 0 Å². The average Bonchev–Trinajstić information content (AvgIpc) is 2.90. The van der Waals surface area contributed by atoms with Gasteiger partial charge in [0.05, 0.1) is 17.5 Å². The lowest BCUT2D eigenvalue weighted by atomic mass is 10.2. The van der Waals surface area contributed by atoms with Gasteiger partial charge < -0.3 is 5.32 Å². The molecule has 0 aliphatic carbocycles. The Labute approximate surface area is 128 Å². The van der Waals surface area contributed by atoms with Gasteiger partial charge in [-0.15, -0.1) is 0 Å². The largest absolute Gasteiger partial charge is 0.322 e. The van der Waals surface area contributed by atoms with Crippen molar-refractivity contribution in [2.45, 2.75) is 13.8 Å². The summed E-state index contributed by atoms with van der Waals surface area (Å²) in [4.78, 5) is 16.7. The molecule has 3 aromatic rings. The fourth-order valence-corrected chi connectivity index (χ4v) is 2.26. The van der Waals surface area contributed by atoms with Crippen molar-refractivity contribution in [2.24, 2.45) is 0 Å². The summed E-state index contributed by atoms with van der Waals surface area (Å²) in [6.45, 7) is 3.84. The van der Waals surface area contributed by atoms with E-state index < -0.39 is 0 Å². The van der Waals surface area contributed by atoms with E-state index in [4.69, 9.17) is 0 Å². The van der Waals surface area contributed by atoms with Crippen molar-refractivity contribution in [3.05, 3.63) is 71.7 Å². The monoisotopic (exact) mass is 292 g/mol. The van der Waals surface area contributed by atoms with Gasteiger partial charge in [0, 0.05) is 11.9 Å². The predicted molar refractivity (Wildman–Crippen MR) is 85.2 cm³/mol. The second-order valence-corrected chi connectivity index (χ2v) is 5.07. The highest BCUT2D eigenvalue weighted by Gasteiger charge is 2.15. The van der Waals surface area contributed by atoms with Crippen LogP contribution in [0.15, 0.2) is 54.9 Å². The number of aryl methyl sites for hydroxylation is 1. The third-order valence-electron chi connectivity index (χ3n) is 3.40. The first-order chi connectivity index (χ1) is 10.6. The number of anilines is 1. The minimum Gasteiger partial charge on any atom is -0.322 e. The third-order valence-corrected chi connectivity index (χ3v) is 3.40. The van der Waals surface area contributed by atoms with Crippen LogP contribution in [0.1, 0.15) is 21.6 Å². The van der Waals surface area contributed by atoms with Crippen LogP contribution < -0.4 is 5.32 Å². The van der Waals surface area contributed by atoms with E-state index in [1.807, 2.05) is 56.3 Å². The van der Waals surface area contributed by atoms with Crippen LogP contribution >= 0.6 is 0 Å². The average molecular weight is 292 g/mol. The van der Waals surface area contributed by atoms with Gasteiger partial charge in [0.15, 0.2) is 5.82 Å². The molecule has 110 valence electrons. The second kappa shape index (κ2) is 5.81. The van der Waals surface area contributed by atoms with Gasteiger partial charge in [-0.2, -0.15) is 5.10 Å². The van der Waals surface area contributed by atoms with Crippen LogP contribution in [0.4, 0.5) is 5.69 Å². The van der Waals surface area contributed by atoms with Crippen LogP contribution in [0, 0.1) is 13.8 Å². The maximum Gasteiger partial charge on any atom is 0.259 e. The van der Waals surface area contributed by atoms with Gasteiger partial charge in [-0.05, 0) is 43.7 Å². The normalized spacial score (nSPS) is 10.5. The zero-order valence-corrected chi connectivity index (χ0v) is 12.4. The van der Waals surface area contributed by atoms with E-state index in [9.17, 15) is 4.79 Å². The van der Waals surface area contributed by atoms with Crippen LogP contribution in [0.5, 0.6) is 0 Å². The standard InChI is InChI=1S/C17H16N4O/c1-12-6-5-7-14(10-12)20-17(22)15-11-19-21(13(15)2)16-8-3-4-9-18-16/h3-11H,1-2H3,(H,20,22). The molecule has 0 bridgehead atoms. The molecule has 0 unspecified atom stereocenters. The Bertz CT molecular complexity index is 809. The summed E-state index contributed by atoms with van der Waals surface area (Å²) < 4.78 is 1.66. The minimum absolute atomic E-state index is 0.176. The molecule has 2 heterocycles. The minimum atomic E-state index is -0.176. The molecule has 0 atom stereocenters. The van der Waals surface area contributed by atoms with E-state index in [0.29, 0.717) is 11.4 Å². The molecule has 0 saturated heterocycles. The van der Waals surface area contributed by atoms with Gasteiger partial charge in [-0.3, -0.25) is 4.79 Å². The Morgan fingerprint density at radius 2 is 2.00 bits per heavy atom. The molecule has 1 amide bonds. The molecule has 22 heavy (non-hydrogen) atoms. The van der Waals surface area contributed by atoms with Gasteiger partial charge in [0.25, 0.3) is 5.91 Å². The Kier molecular flexibility index (Phi) is 3.70. The van der Waals surface area contributed by atoms with Crippen molar-refractivity contribution in [3.63, 3.8) is 0 Å². The van der Waals surface area contributed by atoms with E-state index in [-0.39, 0.29) is 5.91 Å². The molecule has 0 saturated carbocycles. The maximum atomic E-state index is 12.4. The first-order valence-electron chi connectivity index (χ1n) is 6.99. The number of carbonyl (C=O) groups excluding carboxylic acids is 1. The lowest BCUT2D eigenvalue weighted by Crippen LogP contribution is -2.13. The van der Waals surface area contributed by atoms with E-state index in [1.165, 1.54) is 0 Å². The molecule has 1 N–H and O–H groups in total. The lowest BCUT2D eigenvalue weighted by molar-refractivity contribution is 0.102. The van der Waals surface area contributed by atoms with Crippen molar-refractivity contribution in [1.82, 2.24) is 14.8 Å². The molecule has 0 fully saturated rings. The maximum absolute atomic E-state index is 12.4. The molecule has 1 aromatic carbocycles. The fourth-order valence-electron chi connectivity index (χ4n) is 2.26. The van der Waals surface area contributed by atoms with Crippen LogP contribution in [0.3, 0.4) is 0 Å². The van der Waals surface area contributed by atoms with Crippen molar-refractivity contribution in [1.29, 1.82) is 0 Å². The number of benzene rings is 1. The summed E-state index contributed by atoms with van der Waals surface area (Å²) >= 11 is 0. The van der Waals surface area contributed by atoms with Crippen molar-refractivity contribution < 1.29 is 4.79 Å². The van der Waals surface area contributed by atoms with Gasteiger partial charge in [-0.1, -0.05) is 18.2 Å². The number of hydrogen-bond donors (Lipinski definition) is 1. The first-order valence-corrected chi connectivity index (χ1v) is 6.99. The molecule has 5 nitrogen and oxygen atoms in total. The number of hydrogen-bond acceptors (Lipinski definition) is 3. The van der Waals surface area contributed by atoms with E-state index in [1.54, 1.807) is 17.1 Å². The van der Waals surface area contributed by atoms with Gasteiger partial charge >= 0.3 is 0 Å².